The molecule has 4 nitrogen and oxygen atoms in total. The number of aromatic nitrogens is 2. The smallest absolute Gasteiger partial charge is 0.255 e. The van der Waals surface area contributed by atoms with E-state index in [0.717, 1.165) is 17.9 Å². The Morgan fingerprint density at radius 3 is 2.11 bits per heavy atom. The molecule has 0 bridgehead atoms. The molecule has 1 rings (SSSR count). The lowest BCUT2D eigenvalue weighted by atomic mass is 9.85. The maximum absolute atomic E-state index is 12.3. The van der Waals surface area contributed by atoms with Crippen LogP contribution in [0.4, 0.5) is 0 Å². The van der Waals surface area contributed by atoms with Crippen LogP contribution in [-0.4, -0.2) is 22.2 Å². The predicted octanol–water partition coefficient (Wildman–Crippen LogP) is 2.69. The maximum Gasteiger partial charge on any atom is 0.255 e. The van der Waals surface area contributed by atoms with Crippen LogP contribution in [0.15, 0.2) is 0 Å². The van der Waals surface area contributed by atoms with Crippen LogP contribution in [-0.2, 0) is 7.05 Å². The normalized spacial score (nSPS) is 11.7. The van der Waals surface area contributed by atoms with Crippen LogP contribution in [0.3, 0.4) is 0 Å². The molecule has 0 atom stereocenters. The highest BCUT2D eigenvalue weighted by molar-refractivity contribution is 5.96. The van der Waals surface area contributed by atoms with Crippen LogP contribution < -0.4 is 5.32 Å². The van der Waals surface area contributed by atoms with E-state index in [2.05, 4.69) is 38.1 Å². The molecule has 0 saturated heterocycles. The van der Waals surface area contributed by atoms with E-state index >= 15 is 0 Å². The van der Waals surface area contributed by atoms with Crippen molar-refractivity contribution in [2.45, 2.75) is 41.5 Å². The van der Waals surface area contributed by atoms with Gasteiger partial charge >= 0.3 is 0 Å². The molecule has 0 aromatic carbocycles. The van der Waals surface area contributed by atoms with Crippen LogP contribution in [0.5, 0.6) is 0 Å². The van der Waals surface area contributed by atoms with Gasteiger partial charge in [-0.3, -0.25) is 9.48 Å². The van der Waals surface area contributed by atoms with E-state index in [1.807, 2.05) is 20.9 Å². The lowest BCUT2D eigenvalue weighted by molar-refractivity contribution is 0.0936. The average Bonchev–Trinajstić information content (AvgIpc) is 2.52. The lowest BCUT2D eigenvalue weighted by Gasteiger charge is -2.25. The van der Waals surface area contributed by atoms with Crippen molar-refractivity contribution in [2.75, 3.05) is 6.54 Å². The minimum Gasteiger partial charge on any atom is -0.352 e. The Bertz CT molecular complexity index is 438. The fourth-order valence-corrected chi connectivity index (χ4v) is 2.64. The summed E-state index contributed by atoms with van der Waals surface area (Å²) in [5.74, 6) is 1.63. The molecule has 1 N–H and O–H groups in total. The van der Waals surface area contributed by atoms with Gasteiger partial charge in [-0.1, -0.05) is 27.7 Å². The van der Waals surface area contributed by atoms with E-state index in [1.54, 1.807) is 4.68 Å². The van der Waals surface area contributed by atoms with Gasteiger partial charge in [0.2, 0.25) is 0 Å². The van der Waals surface area contributed by atoms with Gasteiger partial charge in [0.25, 0.3) is 5.91 Å². The van der Waals surface area contributed by atoms with Gasteiger partial charge in [-0.25, -0.2) is 0 Å². The number of carbonyl (C=O) groups excluding carboxylic acids is 1. The highest BCUT2D eigenvalue weighted by atomic mass is 16.1. The van der Waals surface area contributed by atoms with E-state index in [1.165, 1.54) is 0 Å². The zero-order valence-corrected chi connectivity index (χ0v) is 13.2. The third-order valence-electron chi connectivity index (χ3n) is 3.95. The average molecular weight is 265 g/mol. The second-order valence-electron chi connectivity index (χ2n) is 6.03. The monoisotopic (exact) mass is 265 g/mol. The summed E-state index contributed by atoms with van der Waals surface area (Å²) in [4.78, 5) is 12.3. The second-order valence-corrected chi connectivity index (χ2v) is 6.03. The van der Waals surface area contributed by atoms with E-state index in [-0.39, 0.29) is 5.91 Å². The molecule has 0 fully saturated rings. The second kappa shape index (κ2) is 6.22. The molecule has 4 heteroatoms. The van der Waals surface area contributed by atoms with Crippen molar-refractivity contribution < 1.29 is 4.79 Å². The molecule has 0 aliphatic rings. The van der Waals surface area contributed by atoms with Gasteiger partial charge in [0.1, 0.15) is 0 Å². The molecular weight excluding hydrogens is 238 g/mol. The molecular formula is C15H27N3O. The molecule has 19 heavy (non-hydrogen) atoms. The molecule has 1 heterocycles. The first-order valence-electron chi connectivity index (χ1n) is 7.04. The standard InChI is InChI=1S/C15H27N3O/c1-9(2)13(10(3)4)8-16-15(19)14-11(5)17-18(7)12(14)6/h9-10,13H,8H2,1-7H3,(H,16,19). The largest absolute Gasteiger partial charge is 0.352 e. The van der Waals surface area contributed by atoms with Crippen molar-refractivity contribution in [3.8, 4) is 0 Å². The number of nitrogens with zero attached hydrogens (tertiary/aromatic N) is 2. The molecule has 0 unspecified atom stereocenters. The highest BCUT2D eigenvalue weighted by Gasteiger charge is 2.21. The van der Waals surface area contributed by atoms with Gasteiger partial charge in [-0.15, -0.1) is 0 Å². The summed E-state index contributed by atoms with van der Waals surface area (Å²) in [6.45, 7) is 13.4. The van der Waals surface area contributed by atoms with Crippen molar-refractivity contribution >= 4 is 5.91 Å². The number of nitrogens with one attached hydrogen (secondary N) is 1. The molecule has 0 aliphatic heterocycles. The third-order valence-corrected chi connectivity index (χ3v) is 3.95. The Kier molecular flexibility index (Phi) is 5.15. The Morgan fingerprint density at radius 1 is 1.21 bits per heavy atom. The summed E-state index contributed by atoms with van der Waals surface area (Å²) < 4.78 is 1.76. The van der Waals surface area contributed by atoms with Crippen LogP contribution in [0.1, 0.15) is 49.4 Å². The minimum absolute atomic E-state index is 0.00519. The van der Waals surface area contributed by atoms with Crippen molar-refractivity contribution in [3.05, 3.63) is 17.0 Å². The minimum atomic E-state index is -0.00519. The lowest BCUT2D eigenvalue weighted by Crippen LogP contribution is -2.34. The van der Waals surface area contributed by atoms with Crippen molar-refractivity contribution in [1.82, 2.24) is 15.1 Å². The first kappa shape index (κ1) is 15.7. The third kappa shape index (κ3) is 3.58. The van der Waals surface area contributed by atoms with Gasteiger partial charge in [-0.2, -0.15) is 5.10 Å². The topological polar surface area (TPSA) is 46.9 Å². The van der Waals surface area contributed by atoms with Crippen LogP contribution in [0.2, 0.25) is 0 Å². The molecule has 1 amide bonds. The molecule has 0 aliphatic carbocycles. The Hall–Kier alpha value is -1.32. The van der Waals surface area contributed by atoms with Crippen molar-refractivity contribution in [1.29, 1.82) is 0 Å². The Balaban J connectivity index is 2.75. The van der Waals surface area contributed by atoms with E-state index < -0.39 is 0 Å². The van der Waals surface area contributed by atoms with Gasteiger partial charge in [0, 0.05) is 19.3 Å². The zero-order chi connectivity index (χ0) is 14.7. The van der Waals surface area contributed by atoms with Gasteiger partial charge in [0.05, 0.1) is 11.3 Å². The number of aryl methyl sites for hydroxylation is 2. The van der Waals surface area contributed by atoms with E-state index in [9.17, 15) is 4.79 Å². The van der Waals surface area contributed by atoms with Crippen LogP contribution >= 0.6 is 0 Å². The number of rotatable bonds is 5. The Morgan fingerprint density at radius 2 is 1.74 bits per heavy atom. The maximum atomic E-state index is 12.3. The number of hydrogen-bond acceptors (Lipinski definition) is 2. The molecule has 0 radical (unpaired) electrons. The summed E-state index contributed by atoms with van der Waals surface area (Å²) in [5, 5.41) is 7.35. The summed E-state index contributed by atoms with van der Waals surface area (Å²) >= 11 is 0. The predicted molar refractivity (Wildman–Crippen MR) is 78.2 cm³/mol. The molecule has 1 aromatic heterocycles. The molecule has 0 saturated carbocycles. The van der Waals surface area contributed by atoms with Crippen LogP contribution in [0, 0.1) is 31.6 Å². The summed E-state index contributed by atoms with van der Waals surface area (Å²) in [7, 11) is 1.87. The highest BCUT2D eigenvalue weighted by Crippen LogP contribution is 2.20. The SMILES string of the molecule is Cc1nn(C)c(C)c1C(=O)NCC(C(C)C)C(C)C. The van der Waals surface area contributed by atoms with E-state index in [0.29, 0.717) is 23.3 Å². The summed E-state index contributed by atoms with van der Waals surface area (Å²) in [6.07, 6.45) is 0. The van der Waals surface area contributed by atoms with Gasteiger partial charge < -0.3 is 5.32 Å². The fourth-order valence-electron chi connectivity index (χ4n) is 2.64. The van der Waals surface area contributed by atoms with E-state index in [4.69, 9.17) is 0 Å². The quantitative estimate of drug-likeness (QED) is 0.889. The number of amides is 1. The number of hydrogen-bond donors (Lipinski definition) is 1. The number of carbonyl (C=O) groups is 1. The molecule has 0 spiro atoms. The Labute approximate surface area is 116 Å². The first-order chi connectivity index (χ1) is 8.75. The van der Waals surface area contributed by atoms with Crippen molar-refractivity contribution in [2.24, 2.45) is 24.8 Å². The zero-order valence-electron chi connectivity index (χ0n) is 13.2. The fraction of sp³-hybridized carbons (Fsp3) is 0.733. The van der Waals surface area contributed by atoms with Crippen molar-refractivity contribution in [3.63, 3.8) is 0 Å². The van der Waals surface area contributed by atoms with Crippen LogP contribution in [0.25, 0.3) is 0 Å². The molecule has 1 aromatic rings. The summed E-state index contributed by atoms with van der Waals surface area (Å²) in [5.41, 5.74) is 2.43. The first-order valence-corrected chi connectivity index (χ1v) is 7.04. The van der Waals surface area contributed by atoms with Gasteiger partial charge in [0.15, 0.2) is 0 Å². The van der Waals surface area contributed by atoms with Gasteiger partial charge in [-0.05, 0) is 31.6 Å². The molecule has 108 valence electrons. The summed E-state index contributed by atoms with van der Waals surface area (Å²) in [6, 6.07) is 0.